The van der Waals surface area contributed by atoms with Gasteiger partial charge in [0.05, 0.1) is 19.8 Å². The first kappa shape index (κ1) is 23.1. The molecule has 0 bridgehead atoms. The van der Waals surface area contributed by atoms with Gasteiger partial charge in [-0.3, -0.25) is 9.59 Å². The lowest BCUT2D eigenvalue weighted by molar-refractivity contribution is -0.123. The number of methoxy groups -OCH3 is 2. The van der Waals surface area contributed by atoms with Crippen molar-refractivity contribution in [3.8, 4) is 11.5 Å². The Hall–Kier alpha value is -2.19. The third kappa shape index (κ3) is 6.40. The molecule has 2 amide bonds. The van der Waals surface area contributed by atoms with Gasteiger partial charge in [-0.15, -0.1) is 0 Å². The van der Waals surface area contributed by atoms with Crippen molar-refractivity contribution in [3.63, 3.8) is 0 Å². The second-order valence-electron chi connectivity index (χ2n) is 6.16. The van der Waals surface area contributed by atoms with Crippen LogP contribution >= 0.6 is 27.7 Å². The van der Waals surface area contributed by atoms with Gasteiger partial charge in [0.15, 0.2) is 11.5 Å². The summed E-state index contributed by atoms with van der Waals surface area (Å²) in [5.41, 5.74) is 1.28. The van der Waals surface area contributed by atoms with E-state index in [4.69, 9.17) is 9.47 Å². The van der Waals surface area contributed by atoms with Crippen LogP contribution in [-0.4, -0.2) is 44.1 Å². The summed E-state index contributed by atoms with van der Waals surface area (Å²) in [5.74, 6) is 1.38. The minimum Gasteiger partial charge on any atom is -0.493 e. The summed E-state index contributed by atoms with van der Waals surface area (Å²) < 4.78 is 11.4. The highest BCUT2D eigenvalue weighted by atomic mass is 79.9. The molecule has 0 aliphatic carbocycles. The Kier molecular flexibility index (Phi) is 9.34. The van der Waals surface area contributed by atoms with Crippen molar-refractivity contribution in [3.05, 3.63) is 58.1 Å². The normalized spacial score (nSPS) is 11.4. The Bertz CT molecular complexity index is 847. The Morgan fingerprint density at radius 3 is 2.52 bits per heavy atom. The van der Waals surface area contributed by atoms with Gasteiger partial charge >= 0.3 is 0 Å². The minimum atomic E-state index is -0.640. The number of hydrogen-bond donors (Lipinski definition) is 2. The minimum absolute atomic E-state index is 0.246. The zero-order valence-corrected chi connectivity index (χ0v) is 19.1. The van der Waals surface area contributed by atoms with Gasteiger partial charge in [0.25, 0.3) is 5.91 Å². The van der Waals surface area contributed by atoms with Crippen molar-refractivity contribution in [2.45, 2.75) is 19.0 Å². The third-order valence-corrected chi connectivity index (χ3v) is 5.62. The summed E-state index contributed by atoms with van der Waals surface area (Å²) in [5, 5.41) is 5.74. The van der Waals surface area contributed by atoms with Crippen molar-refractivity contribution in [2.24, 2.45) is 0 Å². The van der Waals surface area contributed by atoms with Crippen molar-refractivity contribution in [1.29, 1.82) is 0 Å². The molecule has 0 aliphatic rings. The van der Waals surface area contributed by atoms with Gasteiger partial charge in [0.2, 0.25) is 5.91 Å². The number of hydrogen-bond acceptors (Lipinski definition) is 5. The molecule has 2 aromatic carbocycles. The van der Waals surface area contributed by atoms with E-state index in [0.717, 1.165) is 11.3 Å². The SMILES string of the molecule is COc1cccc(CNC(=O)C(CCSC)NC(=O)c2ccccc2Br)c1OC. The largest absolute Gasteiger partial charge is 0.493 e. The zero-order chi connectivity index (χ0) is 21.2. The van der Waals surface area contributed by atoms with Crippen LogP contribution in [0, 0.1) is 0 Å². The fourth-order valence-corrected chi connectivity index (χ4v) is 3.72. The summed E-state index contributed by atoms with van der Waals surface area (Å²) in [6, 6.07) is 12.0. The molecule has 0 heterocycles. The summed E-state index contributed by atoms with van der Waals surface area (Å²) in [6.07, 6.45) is 2.49. The molecule has 0 fully saturated rings. The van der Waals surface area contributed by atoms with Crippen LogP contribution < -0.4 is 20.1 Å². The Morgan fingerprint density at radius 2 is 1.86 bits per heavy atom. The van der Waals surface area contributed by atoms with Gasteiger partial charge in [-0.1, -0.05) is 24.3 Å². The summed E-state index contributed by atoms with van der Waals surface area (Å²) in [4.78, 5) is 25.4. The number of halogens is 1. The molecule has 2 N–H and O–H groups in total. The highest BCUT2D eigenvalue weighted by molar-refractivity contribution is 9.10. The molecule has 2 rings (SSSR count). The van der Waals surface area contributed by atoms with Crippen molar-refractivity contribution < 1.29 is 19.1 Å². The standard InChI is InChI=1S/C21H25BrN2O4S/c1-27-18-10-6-7-14(19(18)28-2)13-23-21(26)17(11-12-29-3)24-20(25)15-8-4-5-9-16(15)22/h4-10,17H,11-13H2,1-3H3,(H,23,26)(H,24,25). The van der Waals surface area contributed by atoms with Gasteiger partial charge < -0.3 is 20.1 Å². The number of ether oxygens (including phenoxy) is 2. The van der Waals surface area contributed by atoms with Crippen LogP contribution in [0.5, 0.6) is 11.5 Å². The van der Waals surface area contributed by atoms with Crippen LogP contribution in [0.1, 0.15) is 22.3 Å². The second-order valence-corrected chi connectivity index (χ2v) is 8.00. The molecular weight excluding hydrogens is 456 g/mol. The molecule has 0 aromatic heterocycles. The number of thioether (sulfide) groups is 1. The van der Waals surface area contributed by atoms with E-state index >= 15 is 0 Å². The fourth-order valence-electron chi connectivity index (χ4n) is 2.78. The van der Waals surface area contributed by atoms with Crippen molar-refractivity contribution in [1.82, 2.24) is 10.6 Å². The summed E-state index contributed by atoms with van der Waals surface area (Å²) in [6.45, 7) is 0.264. The van der Waals surface area contributed by atoms with Gasteiger partial charge in [-0.25, -0.2) is 0 Å². The molecule has 0 radical (unpaired) electrons. The number of benzene rings is 2. The summed E-state index contributed by atoms with van der Waals surface area (Å²) >= 11 is 5.00. The van der Waals surface area contributed by atoms with E-state index in [1.54, 1.807) is 50.2 Å². The topological polar surface area (TPSA) is 76.7 Å². The summed E-state index contributed by atoms with van der Waals surface area (Å²) in [7, 11) is 3.12. The van der Waals surface area contributed by atoms with E-state index in [2.05, 4.69) is 26.6 Å². The number of rotatable bonds is 10. The van der Waals surface area contributed by atoms with Crippen molar-refractivity contribution in [2.75, 3.05) is 26.2 Å². The Morgan fingerprint density at radius 1 is 1.10 bits per heavy atom. The van der Waals surface area contributed by atoms with E-state index in [-0.39, 0.29) is 18.4 Å². The van der Waals surface area contributed by atoms with Crippen molar-refractivity contribution >= 4 is 39.5 Å². The van der Waals surface area contributed by atoms with E-state index in [0.29, 0.717) is 28.0 Å². The third-order valence-electron chi connectivity index (χ3n) is 4.29. The predicted octanol–water partition coefficient (Wildman–Crippen LogP) is 3.63. The van der Waals surface area contributed by atoms with Crippen LogP contribution in [0.4, 0.5) is 0 Å². The van der Waals surface area contributed by atoms with Crippen LogP contribution in [0.3, 0.4) is 0 Å². The number of carbonyl (C=O) groups is 2. The maximum Gasteiger partial charge on any atom is 0.253 e. The number of nitrogens with one attached hydrogen (secondary N) is 2. The van der Waals surface area contributed by atoms with Gasteiger partial charge in [-0.2, -0.15) is 11.8 Å². The van der Waals surface area contributed by atoms with E-state index in [9.17, 15) is 9.59 Å². The monoisotopic (exact) mass is 480 g/mol. The maximum absolute atomic E-state index is 12.8. The van der Waals surface area contributed by atoms with E-state index in [1.165, 1.54) is 0 Å². The van der Waals surface area contributed by atoms with E-state index < -0.39 is 6.04 Å². The molecule has 1 unspecified atom stereocenters. The molecule has 0 aliphatic heterocycles. The first-order valence-corrected chi connectivity index (χ1v) is 11.2. The number of carbonyl (C=O) groups excluding carboxylic acids is 2. The molecule has 1 atom stereocenters. The molecule has 2 aromatic rings. The van der Waals surface area contributed by atoms with E-state index in [1.807, 2.05) is 24.5 Å². The molecular formula is C21H25BrN2O4S. The highest BCUT2D eigenvalue weighted by Gasteiger charge is 2.22. The predicted molar refractivity (Wildman–Crippen MR) is 120 cm³/mol. The highest BCUT2D eigenvalue weighted by Crippen LogP contribution is 2.30. The van der Waals surface area contributed by atoms with Crippen LogP contribution in [-0.2, 0) is 11.3 Å². The van der Waals surface area contributed by atoms with Gasteiger partial charge in [0.1, 0.15) is 6.04 Å². The molecule has 0 saturated carbocycles. The van der Waals surface area contributed by atoms with Crippen LogP contribution in [0.25, 0.3) is 0 Å². The smallest absolute Gasteiger partial charge is 0.253 e. The zero-order valence-electron chi connectivity index (χ0n) is 16.7. The Labute approximate surface area is 183 Å². The average Bonchev–Trinajstić information content (AvgIpc) is 2.74. The molecule has 6 nitrogen and oxygen atoms in total. The lowest BCUT2D eigenvalue weighted by atomic mass is 10.1. The molecule has 156 valence electrons. The maximum atomic E-state index is 12.8. The van der Waals surface area contributed by atoms with Gasteiger partial charge in [0, 0.05) is 16.6 Å². The molecule has 0 spiro atoms. The average molecular weight is 481 g/mol. The van der Waals surface area contributed by atoms with Crippen LogP contribution in [0.2, 0.25) is 0 Å². The number of amides is 2. The lowest BCUT2D eigenvalue weighted by Gasteiger charge is -2.19. The first-order valence-electron chi connectivity index (χ1n) is 9.03. The number of para-hydroxylation sites is 1. The lowest BCUT2D eigenvalue weighted by Crippen LogP contribution is -2.47. The van der Waals surface area contributed by atoms with Gasteiger partial charge in [-0.05, 0) is 52.6 Å². The Balaban J connectivity index is 2.09. The second kappa shape index (κ2) is 11.7. The molecule has 0 saturated heterocycles. The van der Waals surface area contributed by atoms with Crippen LogP contribution in [0.15, 0.2) is 46.9 Å². The fraction of sp³-hybridized carbons (Fsp3) is 0.333. The first-order chi connectivity index (χ1) is 14.0. The molecule has 29 heavy (non-hydrogen) atoms. The molecule has 8 heteroatoms. The quantitative estimate of drug-likeness (QED) is 0.542.